The predicted molar refractivity (Wildman–Crippen MR) is 73.9 cm³/mol. The molecule has 0 aliphatic carbocycles. The van der Waals surface area contributed by atoms with E-state index >= 15 is 0 Å². The maximum absolute atomic E-state index is 11.2. The molecule has 1 fully saturated rings. The minimum Gasteiger partial charge on any atom is -0.356 e. The summed E-state index contributed by atoms with van der Waals surface area (Å²) in [6.07, 6.45) is 3.73. The van der Waals surface area contributed by atoms with Crippen LogP contribution in [0.3, 0.4) is 0 Å². The summed E-state index contributed by atoms with van der Waals surface area (Å²) in [7, 11) is 0. The molecule has 6 heteroatoms. The van der Waals surface area contributed by atoms with Crippen LogP contribution in [0.1, 0.15) is 25.0 Å². The Morgan fingerprint density at radius 2 is 2.28 bits per heavy atom. The van der Waals surface area contributed by atoms with Crippen molar-refractivity contribution in [2.75, 3.05) is 31.1 Å². The molecule has 0 atom stereocenters. The summed E-state index contributed by atoms with van der Waals surface area (Å²) >= 11 is 1.70. The Morgan fingerprint density at radius 1 is 1.50 bits per heavy atom. The highest BCUT2D eigenvalue weighted by molar-refractivity contribution is 7.13. The Bertz CT molecular complexity index is 387. The van der Waals surface area contributed by atoms with E-state index in [-0.39, 0.29) is 5.91 Å². The maximum atomic E-state index is 11.2. The van der Waals surface area contributed by atoms with Crippen molar-refractivity contribution in [2.24, 2.45) is 5.73 Å². The first-order valence-corrected chi connectivity index (χ1v) is 7.33. The number of anilines is 1. The molecule has 3 N–H and O–H groups in total. The standard InChI is InChI=1S/C12H20N4OS/c13-5-3-11(17)14-6-4-10-9-18-12(15-10)16-7-1-2-8-16/h9H,1-8,13H2,(H,14,17). The normalized spacial score (nSPS) is 15.1. The molecule has 0 aromatic carbocycles. The molecule has 1 aliphatic heterocycles. The number of carbonyl (C=O) groups is 1. The van der Waals surface area contributed by atoms with E-state index in [4.69, 9.17) is 5.73 Å². The second-order valence-electron chi connectivity index (χ2n) is 4.45. The lowest BCUT2D eigenvalue weighted by molar-refractivity contribution is -0.120. The fraction of sp³-hybridized carbons (Fsp3) is 0.667. The molecule has 1 aromatic heterocycles. The van der Waals surface area contributed by atoms with Crippen LogP contribution in [0.2, 0.25) is 0 Å². The van der Waals surface area contributed by atoms with Crippen LogP contribution in [-0.2, 0) is 11.2 Å². The molecule has 18 heavy (non-hydrogen) atoms. The molecule has 2 heterocycles. The lowest BCUT2D eigenvalue weighted by Gasteiger charge is -2.12. The lowest BCUT2D eigenvalue weighted by atomic mass is 10.3. The van der Waals surface area contributed by atoms with Gasteiger partial charge in [0.25, 0.3) is 0 Å². The van der Waals surface area contributed by atoms with E-state index < -0.39 is 0 Å². The van der Waals surface area contributed by atoms with E-state index in [0.717, 1.165) is 30.3 Å². The number of aromatic nitrogens is 1. The number of nitrogens with zero attached hydrogens (tertiary/aromatic N) is 2. The van der Waals surface area contributed by atoms with Gasteiger partial charge in [-0.2, -0.15) is 0 Å². The summed E-state index contributed by atoms with van der Waals surface area (Å²) in [5.74, 6) is 0.0208. The zero-order valence-corrected chi connectivity index (χ0v) is 11.3. The van der Waals surface area contributed by atoms with E-state index in [9.17, 15) is 4.79 Å². The Morgan fingerprint density at radius 3 is 3.00 bits per heavy atom. The van der Waals surface area contributed by atoms with E-state index in [2.05, 4.69) is 20.6 Å². The minimum absolute atomic E-state index is 0.0208. The van der Waals surface area contributed by atoms with Gasteiger partial charge in [0.15, 0.2) is 5.13 Å². The SMILES string of the molecule is NCCC(=O)NCCc1csc(N2CCCC2)n1. The van der Waals surface area contributed by atoms with Crippen molar-refractivity contribution in [1.29, 1.82) is 0 Å². The molecule has 0 spiro atoms. The quantitative estimate of drug-likeness (QED) is 0.798. The van der Waals surface area contributed by atoms with Gasteiger partial charge in [0.05, 0.1) is 5.69 Å². The highest BCUT2D eigenvalue weighted by atomic mass is 32.1. The summed E-state index contributed by atoms with van der Waals surface area (Å²) in [6.45, 7) is 3.30. The zero-order valence-electron chi connectivity index (χ0n) is 10.5. The van der Waals surface area contributed by atoms with Crippen molar-refractivity contribution >= 4 is 22.4 Å². The van der Waals surface area contributed by atoms with E-state index in [1.165, 1.54) is 12.8 Å². The molecular formula is C12H20N4OS. The number of carbonyl (C=O) groups excluding carboxylic acids is 1. The summed E-state index contributed by atoms with van der Waals surface area (Å²) < 4.78 is 0. The van der Waals surface area contributed by atoms with E-state index in [0.29, 0.717) is 19.5 Å². The Hall–Kier alpha value is -1.14. The van der Waals surface area contributed by atoms with Gasteiger partial charge in [0.2, 0.25) is 5.91 Å². The molecule has 1 aliphatic rings. The van der Waals surface area contributed by atoms with Gasteiger partial charge >= 0.3 is 0 Å². The largest absolute Gasteiger partial charge is 0.356 e. The van der Waals surface area contributed by atoms with Crippen molar-refractivity contribution in [2.45, 2.75) is 25.7 Å². The van der Waals surface area contributed by atoms with Gasteiger partial charge in [-0.05, 0) is 12.8 Å². The van der Waals surface area contributed by atoms with Crippen LogP contribution in [0.4, 0.5) is 5.13 Å². The highest BCUT2D eigenvalue weighted by Gasteiger charge is 2.15. The number of nitrogens with one attached hydrogen (secondary N) is 1. The van der Waals surface area contributed by atoms with Crippen LogP contribution in [-0.4, -0.2) is 37.1 Å². The fourth-order valence-corrected chi connectivity index (χ4v) is 2.93. The molecule has 0 bridgehead atoms. The molecule has 2 rings (SSSR count). The smallest absolute Gasteiger partial charge is 0.221 e. The number of rotatable bonds is 6. The minimum atomic E-state index is 0.0208. The first-order chi connectivity index (χ1) is 8.79. The van der Waals surface area contributed by atoms with Crippen molar-refractivity contribution < 1.29 is 4.79 Å². The van der Waals surface area contributed by atoms with Gasteiger partial charge < -0.3 is 16.0 Å². The Kier molecular flexibility index (Phi) is 4.95. The Balaban J connectivity index is 1.74. The fourth-order valence-electron chi connectivity index (χ4n) is 2.01. The molecule has 100 valence electrons. The first kappa shape index (κ1) is 13.3. The maximum Gasteiger partial charge on any atom is 0.221 e. The molecule has 0 unspecified atom stereocenters. The molecule has 1 amide bonds. The van der Waals surface area contributed by atoms with Crippen LogP contribution < -0.4 is 16.0 Å². The van der Waals surface area contributed by atoms with Crippen molar-refractivity contribution in [1.82, 2.24) is 10.3 Å². The number of amides is 1. The third-order valence-corrected chi connectivity index (χ3v) is 3.94. The Labute approximate surface area is 111 Å². The molecule has 0 saturated carbocycles. The van der Waals surface area contributed by atoms with E-state index in [1.54, 1.807) is 11.3 Å². The van der Waals surface area contributed by atoms with Gasteiger partial charge in [-0.25, -0.2) is 4.98 Å². The molecular weight excluding hydrogens is 248 g/mol. The van der Waals surface area contributed by atoms with E-state index in [1.807, 2.05) is 0 Å². The van der Waals surface area contributed by atoms with Crippen LogP contribution in [0.15, 0.2) is 5.38 Å². The van der Waals surface area contributed by atoms with Gasteiger partial charge in [0.1, 0.15) is 0 Å². The van der Waals surface area contributed by atoms with Gasteiger partial charge in [-0.3, -0.25) is 4.79 Å². The van der Waals surface area contributed by atoms with Crippen molar-refractivity contribution in [3.8, 4) is 0 Å². The lowest BCUT2D eigenvalue weighted by Crippen LogP contribution is -2.27. The van der Waals surface area contributed by atoms with Gasteiger partial charge in [-0.15, -0.1) is 11.3 Å². The average Bonchev–Trinajstić information content (AvgIpc) is 2.99. The second kappa shape index (κ2) is 6.70. The molecule has 0 radical (unpaired) electrons. The van der Waals surface area contributed by atoms with Crippen LogP contribution >= 0.6 is 11.3 Å². The highest BCUT2D eigenvalue weighted by Crippen LogP contribution is 2.24. The molecule has 5 nitrogen and oxygen atoms in total. The third-order valence-electron chi connectivity index (χ3n) is 2.99. The number of hydrogen-bond donors (Lipinski definition) is 2. The summed E-state index contributed by atoms with van der Waals surface area (Å²) in [4.78, 5) is 18.2. The van der Waals surface area contributed by atoms with Gasteiger partial charge in [0, 0.05) is 44.4 Å². The van der Waals surface area contributed by atoms with Gasteiger partial charge in [-0.1, -0.05) is 0 Å². The van der Waals surface area contributed by atoms with Crippen LogP contribution in [0.5, 0.6) is 0 Å². The topological polar surface area (TPSA) is 71.2 Å². The monoisotopic (exact) mass is 268 g/mol. The average molecular weight is 268 g/mol. The summed E-state index contributed by atoms with van der Waals surface area (Å²) in [6, 6.07) is 0. The van der Waals surface area contributed by atoms with Crippen molar-refractivity contribution in [3.05, 3.63) is 11.1 Å². The van der Waals surface area contributed by atoms with Crippen LogP contribution in [0, 0.1) is 0 Å². The third kappa shape index (κ3) is 3.68. The molecule has 1 saturated heterocycles. The predicted octanol–water partition coefficient (Wildman–Crippen LogP) is 0.751. The number of thiazole rings is 1. The zero-order chi connectivity index (χ0) is 12.8. The molecule has 1 aromatic rings. The summed E-state index contributed by atoms with van der Waals surface area (Å²) in [5, 5.41) is 6.05. The summed E-state index contributed by atoms with van der Waals surface area (Å²) in [5.41, 5.74) is 6.37. The van der Waals surface area contributed by atoms with Crippen molar-refractivity contribution in [3.63, 3.8) is 0 Å². The second-order valence-corrected chi connectivity index (χ2v) is 5.29. The first-order valence-electron chi connectivity index (χ1n) is 6.45. The van der Waals surface area contributed by atoms with Crippen LogP contribution in [0.25, 0.3) is 0 Å². The number of nitrogens with two attached hydrogens (primary N) is 1. The number of hydrogen-bond acceptors (Lipinski definition) is 5.